The molecule has 156 valence electrons. The molecular formula is C23H25N3O4. The van der Waals surface area contributed by atoms with Crippen LogP contribution < -0.4 is 15.5 Å². The SMILES string of the molecule is COC(=O)CC1=CC(=O)N(CC(=O)NCCCc2ccccc2)c2ccccc2N1. The normalized spacial score (nSPS) is 12.9. The van der Waals surface area contributed by atoms with Crippen LogP contribution in [0.4, 0.5) is 11.4 Å². The van der Waals surface area contributed by atoms with Gasteiger partial charge in [-0.15, -0.1) is 0 Å². The van der Waals surface area contributed by atoms with Crippen LogP contribution in [0.5, 0.6) is 0 Å². The summed E-state index contributed by atoms with van der Waals surface area (Å²) in [6.07, 6.45) is 2.96. The molecule has 0 atom stereocenters. The zero-order valence-corrected chi connectivity index (χ0v) is 16.9. The van der Waals surface area contributed by atoms with Crippen LogP contribution in [0.1, 0.15) is 18.4 Å². The number of para-hydroxylation sites is 2. The van der Waals surface area contributed by atoms with Crippen LogP contribution in [0.3, 0.4) is 0 Å². The van der Waals surface area contributed by atoms with Crippen molar-refractivity contribution in [3.8, 4) is 0 Å². The highest BCUT2D eigenvalue weighted by atomic mass is 16.5. The predicted octanol–water partition coefficient (Wildman–Crippen LogP) is 2.64. The second-order valence-corrected chi connectivity index (χ2v) is 6.93. The monoisotopic (exact) mass is 407 g/mol. The Kier molecular flexibility index (Phi) is 7.21. The number of aryl methyl sites for hydroxylation is 1. The summed E-state index contributed by atoms with van der Waals surface area (Å²) in [5.74, 6) is -1.06. The highest BCUT2D eigenvalue weighted by molar-refractivity contribution is 6.09. The Morgan fingerprint density at radius 1 is 1.07 bits per heavy atom. The van der Waals surface area contributed by atoms with Gasteiger partial charge in [-0.3, -0.25) is 19.3 Å². The molecule has 0 aliphatic carbocycles. The molecule has 7 heteroatoms. The summed E-state index contributed by atoms with van der Waals surface area (Å²) in [4.78, 5) is 38.3. The maximum atomic E-state index is 12.8. The largest absolute Gasteiger partial charge is 0.469 e. The van der Waals surface area contributed by atoms with Crippen molar-refractivity contribution in [1.29, 1.82) is 0 Å². The lowest BCUT2D eigenvalue weighted by atomic mass is 10.1. The molecule has 1 aliphatic rings. The van der Waals surface area contributed by atoms with Gasteiger partial charge in [-0.1, -0.05) is 42.5 Å². The van der Waals surface area contributed by atoms with Crippen molar-refractivity contribution >= 4 is 29.2 Å². The number of rotatable bonds is 8. The Morgan fingerprint density at radius 2 is 1.80 bits per heavy atom. The summed E-state index contributed by atoms with van der Waals surface area (Å²) in [6.45, 7) is 0.421. The van der Waals surface area contributed by atoms with Crippen LogP contribution in [0.15, 0.2) is 66.4 Å². The molecule has 2 aromatic carbocycles. The van der Waals surface area contributed by atoms with Gasteiger partial charge in [-0.2, -0.15) is 0 Å². The second-order valence-electron chi connectivity index (χ2n) is 6.93. The van der Waals surface area contributed by atoms with E-state index in [1.165, 1.54) is 23.6 Å². The molecule has 1 aliphatic heterocycles. The van der Waals surface area contributed by atoms with E-state index in [0.29, 0.717) is 23.6 Å². The van der Waals surface area contributed by atoms with Gasteiger partial charge >= 0.3 is 5.97 Å². The third-order valence-electron chi connectivity index (χ3n) is 4.73. The zero-order valence-electron chi connectivity index (χ0n) is 16.9. The van der Waals surface area contributed by atoms with Crippen molar-refractivity contribution in [3.63, 3.8) is 0 Å². The van der Waals surface area contributed by atoms with E-state index in [1.54, 1.807) is 18.2 Å². The molecule has 1 heterocycles. The lowest BCUT2D eigenvalue weighted by Gasteiger charge is -2.21. The molecule has 7 nitrogen and oxygen atoms in total. The van der Waals surface area contributed by atoms with Crippen LogP contribution in [-0.4, -0.2) is 38.0 Å². The van der Waals surface area contributed by atoms with Crippen molar-refractivity contribution in [2.45, 2.75) is 19.3 Å². The summed E-state index contributed by atoms with van der Waals surface area (Å²) < 4.78 is 4.69. The first-order chi connectivity index (χ1) is 14.6. The van der Waals surface area contributed by atoms with Gasteiger partial charge in [0.25, 0.3) is 5.91 Å². The number of amides is 2. The van der Waals surface area contributed by atoms with E-state index in [1.807, 2.05) is 24.3 Å². The van der Waals surface area contributed by atoms with Gasteiger partial charge in [0.05, 0.1) is 24.9 Å². The van der Waals surface area contributed by atoms with Crippen molar-refractivity contribution in [2.75, 3.05) is 30.4 Å². The number of nitrogens with one attached hydrogen (secondary N) is 2. The quantitative estimate of drug-likeness (QED) is 0.519. The molecule has 0 bridgehead atoms. The fraction of sp³-hybridized carbons (Fsp3) is 0.261. The van der Waals surface area contributed by atoms with Crippen molar-refractivity contribution in [1.82, 2.24) is 5.32 Å². The number of nitrogens with zero attached hydrogens (tertiary/aromatic N) is 1. The number of hydrogen-bond acceptors (Lipinski definition) is 5. The molecule has 0 radical (unpaired) electrons. The molecule has 2 amide bonds. The van der Waals surface area contributed by atoms with Crippen LogP contribution >= 0.6 is 0 Å². The average molecular weight is 407 g/mol. The van der Waals surface area contributed by atoms with E-state index >= 15 is 0 Å². The standard InChI is InChI=1S/C23H25N3O4/c1-30-23(29)15-18-14-22(28)26(20-12-6-5-11-19(20)25-18)16-21(27)24-13-7-10-17-8-3-2-4-9-17/h2-6,8-9,11-12,14,25H,7,10,13,15-16H2,1H3,(H,24,27). The first-order valence-electron chi connectivity index (χ1n) is 9.82. The lowest BCUT2D eigenvalue weighted by Crippen LogP contribution is -2.40. The fourth-order valence-electron chi connectivity index (χ4n) is 3.22. The maximum absolute atomic E-state index is 12.8. The van der Waals surface area contributed by atoms with Gasteiger partial charge in [0, 0.05) is 18.3 Å². The molecule has 0 aromatic heterocycles. The topological polar surface area (TPSA) is 87.7 Å². The Morgan fingerprint density at radius 3 is 2.57 bits per heavy atom. The first-order valence-corrected chi connectivity index (χ1v) is 9.82. The Bertz CT molecular complexity index is 940. The van der Waals surface area contributed by atoms with Gasteiger partial charge in [-0.05, 0) is 30.5 Å². The molecule has 0 spiro atoms. The van der Waals surface area contributed by atoms with E-state index in [-0.39, 0.29) is 24.8 Å². The number of anilines is 2. The minimum atomic E-state index is -0.455. The lowest BCUT2D eigenvalue weighted by molar-refractivity contribution is -0.139. The number of benzene rings is 2. The predicted molar refractivity (Wildman–Crippen MR) is 115 cm³/mol. The van der Waals surface area contributed by atoms with E-state index in [9.17, 15) is 14.4 Å². The third-order valence-corrected chi connectivity index (χ3v) is 4.73. The smallest absolute Gasteiger partial charge is 0.311 e. The summed E-state index contributed by atoms with van der Waals surface area (Å²) in [7, 11) is 1.30. The number of esters is 1. The number of carbonyl (C=O) groups excluding carboxylic acids is 3. The molecule has 3 rings (SSSR count). The van der Waals surface area contributed by atoms with Crippen LogP contribution in [0, 0.1) is 0 Å². The van der Waals surface area contributed by atoms with Gasteiger partial charge in [0.2, 0.25) is 5.91 Å². The summed E-state index contributed by atoms with van der Waals surface area (Å²) in [5, 5.41) is 5.97. The molecule has 2 N–H and O–H groups in total. The Hall–Kier alpha value is -3.61. The molecule has 2 aromatic rings. The van der Waals surface area contributed by atoms with E-state index in [0.717, 1.165) is 12.8 Å². The molecule has 30 heavy (non-hydrogen) atoms. The first kappa shape index (κ1) is 21.1. The zero-order chi connectivity index (χ0) is 21.3. The van der Waals surface area contributed by atoms with E-state index < -0.39 is 5.97 Å². The summed E-state index contributed by atoms with van der Waals surface area (Å²) in [5.41, 5.74) is 2.87. The Labute approximate surface area is 175 Å². The maximum Gasteiger partial charge on any atom is 0.311 e. The molecule has 0 saturated carbocycles. The Balaban J connectivity index is 1.62. The highest BCUT2D eigenvalue weighted by Gasteiger charge is 2.24. The van der Waals surface area contributed by atoms with Crippen LogP contribution in [0.2, 0.25) is 0 Å². The third kappa shape index (κ3) is 5.70. The molecule has 0 fully saturated rings. The number of carbonyl (C=O) groups is 3. The van der Waals surface area contributed by atoms with Crippen molar-refractivity contribution in [3.05, 3.63) is 71.9 Å². The summed E-state index contributed by atoms with van der Waals surface area (Å²) >= 11 is 0. The number of hydrogen-bond donors (Lipinski definition) is 2. The highest BCUT2D eigenvalue weighted by Crippen LogP contribution is 2.30. The molecular weight excluding hydrogens is 382 g/mol. The number of methoxy groups -OCH3 is 1. The van der Waals surface area contributed by atoms with Crippen molar-refractivity contribution < 1.29 is 19.1 Å². The van der Waals surface area contributed by atoms with E-state index in [2.05, 4.69) is 27.5 Å². The number of fused-ring (bicyclic) bond motifs is 1. The second kappa shape index (κ2) is 10.2. The van der Waals surface area contributed by atoms with Gasteiger partial charge in [0.15, 0.2) is 0 Å². The number of ether oxygens (including phenoxy) is 1. The summed E-state index contributed by atoms with van der Waals surface area (Å²) in [6, 6.07) is 17.2. The van der Waals surface area contributed by atoms with Crippen molar-refractivity contribution in [2.24, 2.45) is 0 Å². The molecule has 0 saturated heterocycles. The minimum absolute atomic E-state index is 0.0594. The minimum Gasteiger partial charge on any atom is -0.469 e. The van der Waals surface area contributed by atoms with Gasteiger partial charge in [0.1, 0.15) is 6.54 Å². The van der Waals surface area contributed by atoms with Crippen LogP contribution in [0.25, 0.3) is 0 Å². The van der Waals surface area contributed by atoms with Gasteiger partial charge < -0.3 is 15.4 Å². The van der Waals surface area contributed by atoms with Gasteiger partial charge in [-0.25, -0.2) is 0 Å². The van der Waals surface area contributed by atoms with Crippen LogP contribution in [-0.2, 0) is 25.5 Å². The molecule has 0 unspecified atom stereocenters. The van der Waals surface area contributed by atoms with E-state index in [4.69, 9.17) is 0 Å². The average Bonchev–Trinajstić information content (AvgIpc) is 2.88. The fourth-order valence-corrected chi connectivity index (χ4v) is 3.22.